The first kappa shape index (κ1) is 15.5. The van der Waals surface area contributed by atoms with Crippen LogP contribution in [0, 0.1) is 0 Å². The van der Waals surface area contributed by atoms with Gasteiger partial charge in [0.15, 0.2) is 0 Å². The summed E-state index contributed by atoms with van der Waals surface area (Å²) in [7, 11) is 1.79. The van der Waals surface area contributed by atoms with Gasteiger partial charge in [-0.25, -0.2) is 0 Å². The van der Waals surface area contributed by atoms with E-state index in [0.717, 1.165) is 0 Å². The smallest absolute Gasteiger partial charge is 0.234 e. The fraction of sp³-hybridized carbons (Fsp3) is 0.667. The Morgan fingerprint density at radius 3 is 2.84 bits per heavy atom. The summed E-state index contributed by atoms with van der Waals surface area (Å²) in [6, 6.07) is 0.123. The number of nitrogens with two attached hydrogens (primary N) is 1. The summed E-state index contributed by atoms with van der Waals surface area (Å²) in [5, 5.41) is 16.7. The molecule has 19 heavy (non-hydrogen) atoms. The summed E-state index contributed by atoms with van der Waals surface area (Å²) in [5.41, 5.74) is 6.11. The quantitative estimate of drug-likeness (QED) is 0.607. The van der Waals surface area contributed by atoms with Crippen molar-refractivity contribution < 1.29 is 9.90 Å². The second-order valence-corrected chi connectivity index (χ2v) is 5.07. The van der Waals surface area contributed by atoms with E-state index in [-0.39, 0.29) is 18.5 Å². The van der Waals surface area contributed by atoms with Gasteiger partial charge in [-0.05, 0) is 20.9 Å². The first-order valence-corrected chi connectivity index (χ1v) is 6.30. The molecule has 0 radical (unpaired) electrons. The highest BCUT2D eigenvalue weighted by Gasteiger charge is 2.13. The van der Waals surface area contributed by atoms with Gasteiger partial charge in [0, 0.05) is 18.8 Å². The molecule has 0 saturated carbocycles. The van der Waals surface area contributed by atoms with Gasteiger partial charge < -0.3 is 16.2 Å². The van der Waals surface area contributed by atoms with E-state index in [0.29, 0.717) is 18.8 Å². The Labute approximate surface area is 113 Å². The van der Waals surface area contributed by atoms with Gasteiger partial charge in [0.05, 0.1) is 31.1 Å². The Morgan fingerprint density at radius 1 is 1.63 bits per heavy atom. The Morgan fingerprint density at radius 2 is 2.32 bits per heavy atom. The van der Waals surface area contributed by atoms with Gasteiger partial charge >= 0.3 is 0 Å². The number of likely N-dealkylation sites (N-methyl/N-ethyl adjacent to an activating group) is 1. The average molecular weight is 269 g/mol. The molecular weight excluding hydrogens is 246 g/mol. The van der Waals surface area contributed by atoms with Crippen LogP contribution < -0.4 is 11.1 Å². The molecule has 4 N–H and O–H groups in total. The van der Waals surface area contributed by atoms with Crippen LogP contribution in [0.1, 0.15) is 13.8 Å². The third kappa shape index (κ3) is 6.21. The van der Waals surface area contributed by atoms with Crippen molar-refractivity contribution in [3.05, 3.63) is 12.4 Å². The summed E-state index contributed by atoms with van der Waals surface area (Å²) >= 11 is 0. The lowest BCUT2D eigenvalue weighted by atomic mass is 10.3. The highest BCUT2D eigenvalue weighted by atomic mass is 16.3. The van der Waals surface area contributed by atoms with E-state index in [4.69, 9.17) is 5.73 Å². The third-order valence-electron chi connectivity index (χ3n) is 2.44. The van der Waals surface area contributed by atoms with Crippen molar-refractivity contribution in [1.29, 1.82) is 0 Å². The van der Waals surface area contributed by atoms with Gasteiger partial charge in [0.25, 0.3) is 0 Å². The van der Waals surface area contributed by atoms with Crippen LogP contribution in [0.25, 0.3) is 0 Å². The van der Waals surface area contributed by atoms with Crippen LogP contribution in [0.15, 0.2) is 12.4 Å². The van der Waals surface area contributed by atoms with Gasteiger partial charge in [0.1, 0.15) is 0 Å². The minimum atomic E-state index is -0.601. The van der Waals surface area contributed by atoms with Gasteiger partial charge in [-0.1, -0.05) is 0 Å². The second-order valence-electron chi connectivity index (χ2n) is 5.07. The zero-order chi connectivity index (χ0) is 14.4. The van der Waals surface area contributed by atoms with Crippen molar-refractivity contribution in [2.45, 2.75) is 32.5 Å². The number of carbonyl (C=O) groups excluding carboxylic acids is 1. The van der Waals surface area contributed by atoms with Gasteiger partial charge in [-0.3, -0.25) is 14.4 Å². The Kier molecular flexibility index (Phi) is 5.78. The third-order valence-corrected chi connectivity index (χ3v) is 2.44. The fourth-order valence-corrected chi connectivity index (χ4v) is 1.79. The first-order chi connectivity index (χ1) is 8.86. The minimum Gasteiger partial charge on any atom is -0.396 e. The molecule has 108 valence electrons. The van der Waals surface area contributed by atoms with Crippen LogP contribution in [-0.2, 0) is 11.3 Å². The molecule has 1 unspecified atom stereocenters. The van der Waals surface area contributed by atoms with Crippen LogP contribution in [0.4, 0.5) is 5.69 Å². The Bertz CT molecular complexity index is 405. The molecule has 1 aromatic rings. The number of hydrogen-bond acceptors (Lipinski definition) is 5. The molecule has 0 spiro atoms. The lowest BCUT2D eigenvalue weighted by molar-refractivity contribution is -0.122. The summed E-state index contributed by atoms with van der Waals surface area (Å²) in [6.45, 7) is 4.83. The Hall–Kier alpha value is -1.60. The first-order valence-electron chi connectivity index (χ1n) is 6.30. The van der Waals surface area contributed by atoms with Gasteiger partial charge in [0.2, 0.25) is 5.91 Å². The van der Waals surface area contributed by atoms with Crippen molar-refractivity contribution >= 4 is 11.6 Å². The molecule has 1 heterocycles. The number of nitrogen functional groups attached to an aromatic ring is 1. The number of aliphatic hydroxyl groups excluding tert-OH is 1. The number of anilines is 1. The predicted molar refractivity (Wildman–Crippen MR) is 73.4 cm³/mol. The van der Waals surface area contributed by atoms with Crippen LogP contribution in [0.5, 0.6) is 0 Å². The summed E-state index contributed by atoms with van der Waals surface area (Å²) < 4.78 is 1.59. The van der Waals surface area contributed by atoms with E-state index in [9.17, 15) is 9.90 Å². The van der Waals surface area contributed by atoms with Crippen molar-refractivity contribution in [3.63, 3.8) is 0 Å². The summed E-state index contributed by atoms with van der Waals surface area (Å²) in [5.74, 6) is -0.0481. The molecule has 1 aromatic heterocycles. The molecular formula is C12H23N5O2. The van der Waals surface area contributed by atoms with E-state index in [1.165, 1.54) is 6.20 Å². The highest BCUT2D eigenvalue weighted by molar-refractivity contribution is 5.78. The molecule has 0 aliphatic rings. The van der Waals surface area contributed by atoms with Crippen molar-refractivity contribution in [2.75, 3.05) is 25.9 Å². The van der Waals surface area contributed by atoms with Crippen molar-refractivity contribution in [2.24, 2.45) is 0 Å². The molecule has 7 heteroatoms. The van der Waals surface area contributed by atoms with E-state index in [1.807, 2.05) is 13.8 Å². The van der Waals surface area contributed by atoms with Crippen molar-refractivity contribution in [3.8, 4) is 0 Å². The standard InChI is InChI=1S/C12H23N5O2/c1-9(2)15-12(19)8-16(3)6-11(18)7-17-5-10(13)4-14-17/h4-5,9,11,18H,6-8,13H2,1-3H3,(H,15,19). The van der Waals surface area contributed by atoms with Crippen LogP contribution in [0.3, 0.4) is 0 Å². The van der Waals surface area contributed by atoms with Crippen LogP contribution >= 0.6 is 0 Å². The van der Waals surface area contributed by atoms with E-state index >= 15 is 0 Å². The predicted octanol–water partition coefficient (Wildman–Crippen LogP) is -0.717. The van der Waals surface area contributed by atoms with Crippen LogP contribution in [-0.4, -0.2) is 58.0 Å². The van der Waals surface area contributed by atoms with E-state index in [2.05, 4.69) is 10.4 Å². The highest BCUT2D eigenvalue weighted by Crippen LogP contribution is 2.00. The number of aliphatic hydroxyl groups is 1. The molecule has 0 aliphatic carbocycles. The Balaban J connectivity index is 2.31. The molecule has 0 fully saturated rings. The number of nitrogens with zero attached hydrogens (tertiary/aromatic N) is 3. The normalized spacial score (nSPS) is 12.9. The number of nitrogens with one attached hydrogen (secondary N) is 1. The number of aromatic nitrogens is 2. The molecule has 0 bridgehead atoms. The maximum absolute atomic E-state index is 11.5. The maximum atomic E-state index is 11.5. The zero-order valence-electron chi connectivity index (χ0n) is 11.7. The molecule has 1 rings (SSSR count). The van der Waals surface area contributed by atoms with E-state index in [1.54, 1.807) is 22.8 Å². The topological polar surface area (TPSA) is 96.4 Å². The van der Waals surface area contributed by atoms with Crippen LogP contribution in [0.2, 0.25) is 0 Å². The molecule has 1 atom stereocenters. The lowest BCUT2D eigenvalue weighted by Gasteiger charge is -2.20. The minimum absolute atomic E-state index is 0.0481. The average Bonchev–Trinajstić information content (AvgIpc) is 2.61. The molecule has 0 saturated heterocycles. The molecule has 0 aliphatic heterocycles. The monoisotopic (exact) mass is 269 g/mol. The summed E-state index contributed by atoms with van der Waals surface area (Å²) in [6.07, 6.45) is 2.59. The maximum Gasteiger partial charge on any atom is 0.234 e. The van der Waals surface area contributed by atoms with E-state index < -0.39 is 6.10 Å². The van der Waals surface area contributed by atoms with Gasteiger partial charge in [-0.2, -0.15) is 5.10 Å². The van der Waals surface area contributed by atoms with Gasteiger partial charge in [-0.15, -0.1) is 0 Å². The lowest BCUT2D eigenvalue weighted by Crippen LogP contribution is -2.41. The second kappa shape index (κ2) is 7.10. The number of hydrogen-bond donors (Lipinski definition) is 3. The number of carbonyl (C=O) groups is 1. The molecule has 0 aromatic carbocycles. The SMILES string of the molecule is CC(C)NC(=O)CN(C)CC(O)Cn1cc(N)cn1. The molecule has 1 amide bonds. The number of amides is 1. The fourth-order valence-electron chi connectivity index (χ4n) is 1.79. The molecule has 7 nitrogen and oxygen atoms in total. The largest absolute Gasteiger partial charge is 0.396 e. The van der Waals surface area contributed by atoms with Crippen molar-refractivity contribution in [1.82, 2.24) is 20.0 Å². The zero-order valence-corrected chi connectivity index (χ0v) is 11.7. The number of rotatable bonds is 7. The summed E-state index contributed by atoms with van der Waals surface area (Å²) in [4.78, 5) is 13.3.